The highest BCUT2D eigenvalue weighted by Crippen LogP contribution is 2.34. The second kappa shape index (κ2) is 5.60. The Balaban J connectivity index is 1.63. The number of fused-ring (bicyclic) bond motifs is 1. The molecule has 0 unspecified atom stereocenters. The van der Waals surface area contributed by atoms with E-state index >= 15 is 0 Å². The SMILES string of the molecule is CC(=O)SC1CCC(N2Cc3ccccc3C2=O)CC1. The average molecular weight is 289 g/mol. The molecule has 0 bridgehead atoms. The quantitative estimate of drug-likeness (QED) is 0.839. The highest BCUT2D eigenvalue weighted by molar-refractivity contribution is 8.14. The fourth-order valence-electron chi connectivity index (χ4n) is 3.28. The van der Waals surface area contributed by atoms with E-state index in [4.69, 9.17) is 0 Å². The first-order chi connectivity index (χ1) is 9.65. The first-order valence-electron chi connectivity index (χ1n) is 7.21. The van der Waals surface area contributed by atoms with Crippen molar-refractivity contribution in [3.63, 3.8) is 0 Å². The lowest BCUT2D eigenvalue weighted by Gasteiger charge is -2.34. The molecule has 3 nitrogen and oxygen atoms in total. The Morgan fingerprint density at radius 3 is 2.55 bits per heavy atom. The number of rotatable bonds is 2. The van der Waals surface area contributed by atoms with Crippen molar-refractivity contribution >= 4 is 22.8 Å². The summed E-state index contributed by atoms with van der Waals surface area (Å²) in [6, 6.07) is 8.24. The summed E-state index contributed by atoms with van der Waals surface area (Å²) in [7, 11) is 0. The van der Waals surface area contributed by atoms with Gasteiger partial charge in [-0.3, -0.25) is 9.59 Å². The van der Waals surface area contributed by atoms with Crippen molar-refractivity contribution in [1.29, 1.82) is 0 Å². The third-order valence-corrected chi connectivity index (χ3v) is 5.40. The second-order valence-electron chi connectivity index (χ2n) is 5.63. The van der Waals surface area contributed by atoms with Crippen LogP contribution in [0, 0.1) is 0 Å². The van der Waals surface area contributed by atoms with Crippen LogP contribution >= 0.6 is 11.8 Å². The van der Waals surface area contributed by atoms with E-state index in [2.05, 4.69) is 0 Å². The molecule has 0 radical (unpaired) electrons. The molecule has 1 aromatic rings. The minimum atomic E-state index is 0.184. The van der Waals surface area contributed by atoms with Crippen LogP contribution in [0.4, 0.5) is 0 Å². The minimum Gasteiger partial charge on any atom is -0.331 e. The summed E-state index contributed by atoms with van der Waals surface area (Å²) >= 11 is 1.47. The maximum absolute atomic E-state index is 12.4. The van der Waals surface area contributed by atoms with Gasteiger partial charge in [0.1, 0.15) is 0 Å². The van der Waals surface area contributed by atoms with Gasteiger partial charge in [-0.1, -0.05) is 30.0 Å². The van der Waals surface area contributed by atoms with Crippen LogP contribution in [0.5, 0.6) is 0 Å². The molecular weight excluding hydrogens is 270 g/mol. The number of hydrogen-bond donors (Lipinski definition) is 0. The van der Waals surface area contributed by atoms with Crippen LogP contribution in [0.25, 0.3) is 0 Å². The molecule has 0 aromatic heterocycles. The first kappa shape index (κ1) is 13.7. The fraction of sp³-hybridized carbons (Fsp3) is 0.500. The van der Waals surface area contributed by atoms with Crippen LogP contribution in [0.1, 0.15) is 48.5 Å². The number of hydrogen-bond acceptors (Lipinski definition) is 3. The van der Waals surface area contributed by atoms with Gasteiger partial charge in [0.2, 0.25) is 0 Å². The zero-order valence-electron chi connectivity index (χ0n) is 11.7. The summed E-state index contributed by atoms with van der Waals surface area (Å²) in [5.41, 5.74) is 2.02. The molecule has 4 heteroatoms. The zero-order valence-corrected chi connectivity index (χ0v) is 12.5. The molecule has 1 fully saturated rings. The van der Waals surface area contributed by atoms with E-state index in [1.807, 2.05) is 29.2 Å². The number of amides is 1. The normalized spacial score (nSPS) is 25.6. The number of carbonyl (C=O) groups excluding carboxylic acids is 2. The second-order valence-corrected chi connectivity index (χ2v) is 7.11. The first-order valence-corrected chi connectivity index (χ1v) is 8.09. The lowest BCUT2D eigenvalue weighted by Crippen LogP contribution is -2.38. The van der Waals surface area contributed by atoms with Crippen LogP contribution in [0.15, 0.2) is 24.3 Å². The molecule has 1 aromatic carbocycles. The number of nitrogens with zero attached hydrogens (tertiary/aromatic N) is 1. The lowest BCUT2D eigenvalue weighted by atomic mass is 9.94. The molecule has 0 spiro atoms. The van der Waals surface area contributed by atoms with E-state index in [9.17, 15) is 9.59 Å². The van der Waals surface area contributed by atoms with E-state index < -0.39 is 0 Å². The van der Waals surface area contributed by atoms with E-state index in [1.54, 1.807) is 6.92 Å². The largest absolute Gasteiger partial charge is 0.331 e. The molecule has 2 aliphatic rings. The Bertz CT molecular complexity index is 535. The van der Waals surface area contributed by atoms with Crippen molar-refractivity contribution in [3.8, 4) is 0 Å². The Morgan fingerprint density at radius 1 is 1.20 bits per heavy atom. The zero-order chi connectivity index (χ0) is 14.1. The fourth-order valence-corrected chi connectivity index (χ4v) is 4.26. The van der Waals surface area contributed by atoms with E-state index in [0.29, 0.717) is 11.3 Å². The van der Waals surface area contributed by atoms with Gasteiger partial charge in [0.25, 0.3) is 5.91 Å². The summed E-state index contributed by atoms with van der Waals surface area (Å²) in [4.78, 5) is 25.6. The van der Waals surface area contributed by atoms with Gasteiger partial charge >= 0.3 is 0 Å². The van der Waals surface area contributed by atoms with Crippen LogP contribution in [-0.4, -0.2) is 27.2 Å². The van der Waals surface area contributed by atoms with E-state index in [0.717, 1.165) is 43.4 Å². The third-order valence-electron chi connectivity index (χ3n) is 4.27. The Hall–Kier alpha value is -1.29. The molecular formula is C16H19NO2S. The predicted molar refractivity (Wildman–Crippen MR) is 80.6 cm³/mol. The Kier molecular flexibility index (Phi) is 3.83. The van der Waals surface area contributed by atoms with E-state index in [-0.39, 0.29) is 11.0 Å². The summed E-state index contributed by atoms with van der Waals surface area (Å²) < 4.78 is 0. The van der Waals surface area contributed by atoms with Crippen LogP contribution in [0.2, 0.25) is 0 Å². The minimum absolute atomic E-state index is 0.184. The lowest BCUT2D eigenvalue weighted by molar-refractivity contribution is -0.109. The maximum Gasteiger partial charge on any atom is 0.254 e. The maximum atomic E-state index is 12.4. The summed E-state index contributed by atoms with van der Waals surface area (Å²) in [6.45, 7) is 2.39. The molecule has 1 amide bonds. The van der Waals surface area contributed by atoms with E-state index in [1.165, 1.54) is 11.8 Å². The number of thioether (sulfide) groups is 1. The number of benzene rings is 1. The number of carbonyl (C=O) groups is 2. The molecule has 0 atom stereocenters. The van der Waals surface area contributed by atoms with Gasteiger partial charge in [-0.25, -0.2) is 0 Å². The third kappa shape index (κ3) is 2.62. The Morgan fingerprint density at radius 2 is 1.90 bits per heavy atom. The van der Waals surface area contributed by atoms with Gasteiger partial charge in [-0.2, -0.15) is 0 Å². The summed E-state index contributed by atoms with van der Waals surface area (Å²) in [6.07, 6.45) is 4.11. The highest BCUT2D eigenvalue weighted by Gasteiger charge is 2.34. The molecule has 0 saturated heterocycles. The smallest absolute Gasteiger partial charge is 0.254 e. The highest BCUT2D eigenvalue weighted by atomic mass is 32.2. The van der Waals surface area contributed by atoms with Crippen molar-refractivity contribution in [1.82, 2.24) is 4.90 Å². The van der Waals surface area contributed by atoms with Crippen LogP contribution < -0.4 is 0 Å². The summed E-state index contributed by atoms with van der Waals surface area (Å²) in [5.74, 6) is 0.184. The molecule has 20 heavy (non-hydrogen) atoms. The Labute approximate surface area is 123 Å². The van der Waals surface area contributed by atoms with Gasteiger partial charge in [0, 0.05) is 30.3 Å². The van der Waals surface area contributed by atoms with Gasteiger partial charge in [0.15, 0.2) is 5.12 Å². The van der Waals surface area contributed by atoms with Crippen molar-refractivity contribution in [2.75, 3.05) is 0 Å². The predicted octanol–water partition coefficient (Wildman–Crippen LogP) is 3.23. The van der Waals surface area contributed by atoms with Crippen molar-refractivity contribution in [2.24, 2.45) is 0 Å². The summed E-state index contributed by atoms with van der Waals surface area (Å²) in [5, 5.41) is 0.655. The molecule has 1 heterocycles. The van der Waals surface area contributed by atoms with Gasteiger partial charge in [-0.15, -0.1) is 0 Å². The topological polar surface area (TPSA) is 37.4 Å². The molecule has 1 aliphatic heterocycles. The standard InChI is InChI=1S/C16H19NO2S/c1-11(18)20-14-8-6-13(7-9-14)17-10-12-4-2-3-5-15(12)16(17)19/h2-5,13-14H,6-10H2,1H3. The van der Waals surface area contributed by atoms with Crippen molar-refractivity contribution in [3.05, 3.63) is 35.4 Å². The molecule has 3 rings (SSSR count). The monoisotopic (exact) mass is 289 g/mol. The van der Waals surface area contributed by atoms with Gasteiger partial charge < -0.3 is 4.90 Å². The van der Waals surface area contributed by atoms with Gasteiger partial charge in [-0.05, 0) is 37.3 Å². The van der Waals surface area contributed by atoms with Crippen LogP contribution in [0.3, 0.4) is 0 Å². The molecule has 106 valence electrons. The van der Waals surface area contributed by atoms with Crippen molar-refractivity contribution in [2.45, 2.75) is 50.4 Å². The van der Waals surface area contributed by atoms with Gasteiger partial charge in [0.05, 0.1) is 0 Å². The van der Waals surface area contributed by atoms with Crippen molar-refractivity contribution < 1.29 is 9.59 Å². The van der Waals surface area contributed by atoms with Crippen LogP contribution in [-0.2, 0) is 11.3 Å². The molecule has 1 saturated carbocycles. The molecule has 0 N–H and O–H groups in total. The molecule has 1 aliphatic carbocycles. The average Bonchev–Trinajstić information content (AvgIpc) is 2.77.